The quantitative estimate of drug-likeness (QED) is 0.322. The molecule has 0 spiro atoms. The van der Waals surface area contributed by atoms with Crippen LogP contribution in [-0.4, -0.2) is 61.4 Å². The SMILES string of the molecule is CC[n+]1c(CN)n(CCOCCN2CCCCC2=O)c2cc(OCP(C)(C)=O)ccc21. The van der Waals surface area contributed by atoms with E-state index in [1.54, 1.807) is 13.3 Å². The third-order valence-corrected chi connectivity index (χ3v) is 6.33. The molecule has 9 heteroatoms. The largest absolute Gasteiger partial charge is 0.486 e. The number of hydrogen-bond donors (Lipinski definition) is 1. The van der Waals surface area contributed by atoms with E-state index in [1.807, 2.05) is 23.1 Å². The fraction of sp³-hybridized carbons (Fsp3) is 0.636. The number of fused-ring (bicyclic) bond motifs is 1. The number of aryl methyl sites for hydroxylation is 1. The zero-order valence-electron chi connectivity index (χ0n) is 19.0. The third kappa shape index (κ3) is 6.09. The number of amides is 1. The lowest BCUT2D eigenvalue weighted by atomic mass is 10.1. The summed E-state index contributed by atoms with van der Waals surface area (Å²) >= 11 is 0. The van der Waals surface area contributed by atoms with Gasteiger partial charge in [-0.3, -0.25) is 4.79 Å². The van der Waals surface area contributed by atoms with Crippen LogP contribution in [0.4, 0.5) is 0 Å². The molecule has 2 aromatic rings. The molecule has 1 aliphatic rings. The fourth-order valence-corrected chi connectivity index (χ4v) is 4.50. The minimum absolute atomic E-state index is 0.217. The molecule has 1 aromatic carbocycles. The maximum Gasteiger partial charge on any atom is 0.271 e. The molecule has 1 aromatic heterocycles. The van der Waals surface area contributed by atoms with Crippen molar-refractivity contribution < 1.29 is 23.4 Å². The van der Waals surface area contributed by atoms with E-state index in [1.165, 1.54) is 0 Å². The van der Waals surface area contributed by atoms with Crippen molar-refractivity contribution in [1.29, 1.82) is 0 Å². The van der Waals surface area contributed by atoms with Gasteiger partial charge in [-0.1, -0.05) is 0 Å². The molecule has 0 atom stereocenters. The van der Waals surface area contributed by atoms with Crippen LogP contribution < -0.4 is 15.0 Å². The second-order valence-electron chi connectivity index (χ2n) is 8.46. The van der Waals surface area contributed by atoms with E-state index in [0.29, 0.717) is 45.0 Å². The molecule has 0 bridgehead atoms. The normalized spacial score (nSPS) is 15.1. The van der Waals surface area contributed by atoms with Gasteiger partial charge in [0.15, 0.2) is 11.0 Å². The molecule has 0 saturated carbocycles. The number of nitrogens with two attached hydrogens (primary N) is 1. The second-order valence-corrected chi connectivity index (χ2v) is 11.9. The molecule has 1 aliphatic heterocycles. The monoisotopic (exact) mass is 451 g/mol. The first kappa shape index (κ1) is 23.8. The Balaban J connectivity index is 1.69. The Morgan fingerprint density at radius 2 is 1.97 bits per heavy atom. The Bertz CT molecular complexity index is 953. The molecule has 0 aliphatic carbocycles. The Morgan fingerprint density at radius 1 is 1.19 bits per heavy atom. The van der Waals surface area contributed by atoms with Crippen molar-refractivity contribution in [2.45, 2.75) is 45.8 Å². The number of carbonyl (C=O) groups excluding carboxylic acids is 1. The van der Waals surface area contributed by atoms with Crippen LogP contribution in [0.15, 0.2) is 18.2 Å². The van der Waals surface area contributed by atoms with Crippen molar-refractivity contribution >= 4 is 24.1 Å². The molecule has 1 saturated heterocycles. The molecule has 172 valence electrons. The summed E-state index contributed by atoms with van der Waals surface area (Å²) in [6.45, 7) is 9.99. The Hall–Kier alpha value is -1.89. The number of hydrogen-bond acceptors (Lipinski definition) is 5. The lowest BCUT2D eigenvalue weighted by molar-refractivity contribution is -0.676. The van der Waals surface area contributed by atoms with Crippen molar-refractivity contribution in [2.24, 2.45) is 5.73 Å². The summed E-state index contributed by atoms with van der Waals surface area (Å²) in [6, 6.07) is 5.94. The van der Waals surface area contributed by atoms with Crippen molar-refractivity contribution in [3.63, 3.8) is 0 Å². The summed E-state index contributed by atoms with van der Waals surface area (Å²) in [5.74, 6) is 1.96. The van der Waals surface area contributed by atoms with Crippen molar-refractivity contribution in [1.82, 2.24) is 9.47 Å². The molecular formula is C22H36N4O4P+. The lowest BCUT2D eigenvalue weighted by Crippen LogP contribution is -2.38. The molecule has 0 radical (unpaired) electrons. The predicted molar refractivity (Wildman–Crippen MR) is 122 cm³/mol. The molecule has 8 nitrogen and oxygen atoms in total. The van der Waals surface area contributed by atoms with E-state index in [0.717, 1.165) is 42.8 Å². The zero-order valence-corrected chi connectivity index (χ0v) is 19.9. The zero-order chi connectivity index (χ0) is 22.4. The van der Waals surface area contributed by atoms with Gasteiger partial charge in [0, 0.05) is 25.6 Å². The number of imidazole rings is 1. The molecule has 3 rings (SSSR count). The van der Waals surface area contributed by atoms with Crippen LogP contribution in [0.2, 0.25) is 0 Å². The second kappa shape index (κ2) is 10.6. The Kier molecular flexibility index (Phi) is 8.14. The van der Waals surface area contributed by atoms with Gasteiger partial charge in [-0.25, -0.2) is 9.13 Å². The number of nitrogens with zero attached hydrogens (tertiary/aromatic N) is 3. The number of benzene rings is 1. The van der Waals surface area contributed by atoms with Gasteiger partial charge < -0.3 is 24.7 Å². The lowest BCUT2D eigenvalue weighted by Gasteiger charge is -2.26. The number of aromatic nitrogens is 2. The molecule has 1 fully saturated rings. The van der Waals surface area contributed by atoms with Crippen molar-refractivity contribution in [2.75, 3.05) is 46.0 Å². The number of carbonyl (C=O) groups is 1. The van der Waals surface area contributed by atoms with Gasteiger partial charge >= 0.3 is 0 Å². The number of ether oxygens (including phenoxy) is 2. The summed E-state index contributed by atoms with van der Waals surface area (Å²) in [7, 11) is -2.26. The van der Waals surface area contributed by atoms with Crippen LogP contribution in [-0.2, 0) is 33.7 Å². The summed E-state index contributed by atoms with van der Waals surface area (Å²) in [5.41, 5.74) is 8.21. The van der Waals surface area contributed by atoms with Gasteiger partial charge in [0.25, 0.3) is 5.82 Å². The topological polar surface area (TPSA) is 90.7 Å². The van der Waals surface area contributed by atoms with Gasteiger partial charge in [0.1, 0.15) is 25.8 Å². The molecule has 2 heterocycles. The average molecular weight is 452 g/mol. The van der Waals surface area contributed by atoms with Crippen molar-refractivity contribution in [3.05, 3.63) is 24.0 Å². The van der Waals surface area contributed by atoms with Crippen molar-refractivity contribution in [3.8, 4) is 5.75 Å². The highest BCUT2D eigenvalue weighted by atomic mass is 31.2. The van der Waals surface area contributed by atoms with Gasteiger partial charge in [0.05, 0.1) is 26.3 Å². The molecule has 2 N–H and O–H groups in total. The van der Waals surface area contributed by atoms with Gasteiger partial charge in [-0.2, -0.15) is 0 Å². The van der Waals surface area contributed by atoms with E-state index in [-0.39, 0.29) is 12.3 Å². The van der Waals surface area contributed by atoms with Crippen LogP contribution >= 0.6 is 7.14 Å². The van der Waals surface area contributed by atoms with E-state index < -0.39 is 7.14 Å². The van der Waals surface area contributed by atoms with Crippen LogP contribution in [0.5, 0.6) is 5.75 Å². The third-order valence-electron chi connectivity index (χ3n) is 5.58. The number of rotatable bonds is 11. The van der Waals surface area contributed by atoms with E-state index >= 15 is 0 Å². The fourth-order valence-electron chi connectivity index (χ4n) is 4.04. The first-order chi connectivity index (χ1) is 14.8. The minimum Gasteiger partial charge on any atom is -0.486 e. The van der Waals surface area contributed by atoms with E-state index in [9.17, 15) is 9.36 Å². The highest BCUT2D eigenvalue weighted by molar-refractivity contribution is 7.62. The molecule has 31 heavy (non-hydrogen) atoms. The first-order valence-corrected chi connectivity index (χ1v) is 13.9. The average Bonchev–Trinajstić information content (AvgIpc) is 3.04. The van der Waals surface area contributed by atoms with Crippen LogP contribution in [0.1, 0.15) is 32.0 Å². The molecule has 0 unspecified atom stereocenters. The maximum absolute atomic E-state index is 12.0. The van der Waals surface area contributed by atoms with Crippen LogP contribution in [0.25, 0.3) is 11.0 Å². The predicted octanol–water partition coefficient (Wildman–Crippen LogP) is 2.40. The number of piperidine rings is 1. The maximum atomic E-state index is 12.0. The van der Waals surface area contributed by atoms with Gasteiger partial charge in [-0.05, 0) is 45.2 Å². The minimum atomic E-state index is -2.26. The Labute approximate surface area is 184 Å². The van der Waals surface area contributed by atoms with Gasteiger partial charge in [-0.15, -0.1) is 0 Å². The standard InChI is InChI=1S/C22H36N4O4P/c1-4-25-19-9-8-18(30-17-31(2,3)28)15-20(19)26(21(25)16-23)12-14-29-13-11-24-10-6-5-7-22(24)27/h8-9,15H,4-7,10-14,16-17,23H2,1-3H3/q+1. The summed E-state index contributed by atoms with van der Waals surface area (Å²) in [6.07, 6.45) is 2.95. The van der Waals surface area contributed by atoms with E-state index in [2.05, 4.69) is 16.1 Å². The highest BCUT2D eigenvalue weighted by Crippen LogP contribution is 2.36. The smallest absolute Gasteiger partial charge is 0.271 e. The highest BCUT2D eigenvalue weighted by Gasteiger charge is 2.24. The number of likely N-dealkylation sites (tertiary alicyclic amines) is 1. The molecular weight excluding hydrogens is 415 g/mol. The van der Waals surface area contributed by atoms with Crippen LogP contribution in [0, 0.1) is 0 Å². The summed E-state index contributed by atoms with van der Waals surface area (Å²) in [4.78, 5) is 13.8. The summed E-state index contributed by atoms with van der Waals surface area (Å²) < 4.78 is 28.0. The van der Waals surface area contributed by atoms with Gasteiger partial charge in [0.2, 0.25) is 5.91 Å². The summed E-state index contributed by atoms with van der Waals surface area (Å²) in [5, 5.41) is 0. The Morgan fingerprint density at radius 3 is 2.65 bits per heavy atom. The van der Waals surface area contributed by atoms with E-state index in [4.69, 9.17) is 15.2 Å². The van der Waals surface area contributed by atoms with Crippen LogP contribution in [0.3, 0.4) is 0 Å². The molecule has 1 amide bonds. The first-order valence-electron chi connectivity index (χ1n) is 11.1.